The third-order valence-corrected chi connectivity index (χ3v) is 3.16. The van der Waals surface area contributed by atoms with Gasteiger partial charge < -0.3 is 19.9 Å². The van der Waals surface area contributed by atoms with Crippen LogP contribution in [0.25, 0.3) is 0 Å². The number of anilines is 1. The molecule has 2 N–H and O–H groups in total. The number of ether oxygens (including phenoxy) is 3. The Morgan fingerprint density at radius 2 is 2.05 bits per heavy atom. The summed E-state index contributed by atoms with van der Waals surface area (Å²) in [6, 6.07) is 5.41. The van der Waals surface area contributed by atoms with Gasteiger partial charge in [-0.3, -0.25) is 0 Å². The van der Waals surface area contributed by atoms with E-state index < -0.39 is 0 Å². The van der Waals surface area contributed by atoms with Crippen LogP contribution in [0.4, 0.5) is 5.69 Å². The number of aromatic nitrogens is 2. The number of nitrogens with zero attached hydrogens (tertiary/aromatic N) is 2. The second-order valence-corrected chi connectivity index (χ2v) is 5.00. The van der Waals surface area contributed by atoms with Gasteiger partial charge in [-0.15, -0.1) is 0 Å². The lowest BCUT2D eigenvalue weighted by atomic mass is 10.1. The summed E-state index contributed by atoms with van der Waals surface area (Å²) in [5, 5.41) is 4.39. The number of nitrogens with two attached hydrogens (primary N) is 1. The van der Waals surface area contributed by atoms with Crippen molar-refractivity contribution in [3.8, 4) is 23.1 Å². The summed E-state index contributed by atoms with van der Waals surface area (Å²) in [7, 11) is 1.81. The van der Waals surface area contributed by atoms with Crippen molar-refractivity contribution in [1.82, 2.24) is 9.78 Å². The summed E-state index contributed by atoms with van der Waals surface area (Å²) in [6.07, 6.45) is 0. The van der Waals surface area contributed by atoms with E-state index in [9.17, 15) is 0 Å². The molecule has 0 atom stereocenters. The van der Waals surface area contributed by atoms with E-state index in [1.807, 2.05) is 33.0 Å². The number of rotatable bonds is 3. The van der Waals surface area contributed by atoms with E-state index in [0.29, 0.717) is 23.1 Å². The highest BCUT2D eigenvalue weighted by Crippen LogP contribution is 2.38. The first-order valence-corrected chi connectivity index (χ1v) is 6.46. The molecule has 0 fully saturated rings. The maximum atomic E-state index is 6.10. The van der Waals surface area contributed by atoms with Gasteiger partial charge in [0.2, 0.25) is 12.7 Å². The van der Waals surface area contributed by atoms with E-state index in [2.05, 4.69) is 5.10 Å². The molecular weight excluding hydrogens is 258 g/mol. The molecule has 3 rings (SSSR count). The Morgan fingerprint density at radius 3 is 2.75 bits per heavy atom. The van der Waals surface area contributed by atoms with Crippen molar-refractivity contribution < 1.29 is 14.2 Å². The summed E-state index contributed by atoms with van der Waals surface area (Å²) >= 11 is 0. The van der Waals surface area contributed by atoms with Crippen LogP contribution in [0.1, 0.15) is 25.5 Å². The molecule has 2 aromatic rings. The standard InChI is InChI=1S/C14H17N3O3/c1-8(2)13-12(15)14(17(3)16-13)20-9-4-5-10-11(6-9)19-7-18-10/h4-6,8H,7,15H2,1-3H3. The lowest BCUT2D eigenvalue weighted by Crippen LogP contribution is -1.97. The van der Waals surface area contributed by atoms with Crippen molar-refractivity contribution in [2.24, 2.45) is 7.05 Å². The predicted octanol–water partition coefficient (Wildman–Crippen LogP) is 2.65. The van der Waals surface area contributed by atoms with Crippen molar-refractivity contribution in [1.29, 1.82) is 0 Å². The maximum Gasteiger partial charge on any atom is 0.241 e. The Bertz CT molecular complexity index is 649. The molecule has 0 amide bonds. The SMILES string of the molecule is CC(C)c1nn(C)c(Oc2ccc3c(c2)OCO3)c1N. The Hall–Kier alpha value is -2.37. The van der Waals surface area contributed by atoms with Crippen LogP contribution in [-0.2, 0) is 7.05 Å². The van der Waals surface area contributed by atoms with Crippen molar-refractivity contribution in [2.45, 2.75) is 19.8 Å². The number of nitrogen functional groups attached to an aromatic ring is 1. The molecule has 0 saturated heterocycles. The zero-order chi connectivity index (χ0) is 14.3. The van der Waals surface area contributed by atoms with E-state index in [1.54, 1.807) is 10.7 Å². The van der Waals surface area contributed by atoms with Crippen LogP contribution in [0.3, 0.4) is 0 Å². The lowest BCUT2D eigenvalue weighted by molar-refractivity contribution is 0.174. The summed E-state index contributed by atoms with van der Waals surface area (Å²) in [4.78, 5) is 0. The van der Waals surface area contributed by atoms with Crippen LogP contribution in [0.5, 0.6) is 23.1 Å². The lowest BCUT2D eigenvalue weighted by Gasteiger charge is -2.07. The predicted molar refractivity (Wildman–Crippen MR) is 74.3 cm³/mol. The van der Waals surface area contributed by atoms with Gasteiger partial charge in [0, 0.05) is 13.1 Å². The molecule has 2 heterocycles. The largest absolute Gasteiger partial charge is 0.454 e. The summed E-state index contributed by atoms with van der Waals surface area (Å²) < 4.78 is 18.1. The first kappa shape index (κ1) is 12.7. The van der Waals surface area contributed by atoms with Crippen LogP contribution >= 0.6 is 0 Å². The second-order valence-electron chi connectivity index (χ2n) is 5.00. The molecule has 0 saturated carbocycles. The van der Waals surface area contributed by atoms with Crippen molar-refractivity contribution in [2.75, 3.05) is 12.5 Å². The molecule has 1 aromatic carbocycles. The average molecular weight is 275 g/mol. The van der Waals surface area contributed by atoms with Crippen LogP contribution < -0.4 is 19.9 Å². The molecule has 1 aromatic heterocycles. The smallest absolute Gasteiger partial charge is 0.241 e. The van der Waals surface area contributed by atoms with Crippen molar-refractivity contribution in [3.05, 3.63) is 23.9 Å². The molecule has 6 heteroatoms. The Balaban J connectivity index is 1.91. The highest BCUT2D eigenvalue weighted by Gasteiger charge is 2.19. The van der Waals surface area contributed by atoms with E-state index in [4.69, 9.17) is 19.9 Å². The molecule has 0 spiro atoms. The van der Waals surface area contributed by atoms with Gasteiger partial charge >= 0.3 is 0 Å². The fourth-order valence-corrected chi connectivity index (χ4v) is 2.14. The number of aryl methyl sites for hydroxylation is 1. The molecule has 0 unspecified atom stereocenters. The van der Waals surface area contributed by atoms with Gasteiger partial charge in [-0.2, -0.15) is 5.10 Å². The molecule has 6 nitrogen and oxygen atoms in total. The molecule has 0 bridgehead atoms. The Labute approximate surface area is 117 Å². The van der Waals surface area contributed by atoms with Gasteiger partial charge in [0.1, 0.15) is 11.4 Å². The van der Waals surface area contributed by atoms with Crippen LogP contribution in [0.2, 0.25) is 0 Å². The number of hydrogen-bond donors (Lipinski definition) is 1. The summed E-state index contributed by atoms with van der Waals surface area (Å²) in [5.41, 5.74) is 7.51. The highest BCUT2D eigenvalue weighted by molar-refractivity contribution is 5.56. The van der Waals surface area contributed by atoms with Gasteiger partial charge in [0.25, 0.3) is 0 Å². The maximum absolute atomic E-state index is 6.10. The number of hydrogen-bond acceptors (Lipinski definition) is 5. The minimum absolute atomic E-state index is 0.240. The molecule has 0 aliphatic carbocycles. The quantitative estimate of drug-likeness (QED) is 0.932. The van der Waals surface area contributed by atoms with E-state index in [-0.39, 0.29) is 12.7 Å². The number of fused-ring (bicyclic) bond motifs is 1. The molecule has 0 radical (unpaired) electrons. The highest BCUT2D eigenvalue weighted by atomic mass is 16.7. The monoisotopic (exact) mass is 275 g/mol. The third kappa shape index (κ3) is 2.03. The zero-order valence-electron chi connectivity index (χ0n) is 11.7. The van der Waals surface area contributed by atoms with Crippen LogP contribution in [-0.4, -0.2) is 16.6 Å². The van der Waals surface area contributed by atoms with Gasteiger partial charge in [-0.1, -0.05) is 13.8 Å². The van der Waals surface area contributed by atoms with Gasteiger partial charge in [0.05, 0.1) is 5.69 Å². The van der Waals surface area contributed by atoms with Gasteiger partial charge in [-0.25, -0.2) is 4.68 Å². The van der Waals surface area contributed by atoms with E-state index in [0.717, 1.165) is 11.4 Å². The minimum atomic E-state index is 0.240. The second kappa shape index (κ2) is 4.63. The number of benzene rings is 1. The first-order valence-electron chi connectivity index (χ1n) is 6.46. The molecule has 1 aliphatic heterocycles. The normalized spacial score (nSPS) is 13.0. The van der Waals surface area contributed by atoms with E-state index >= 15 is 0 Å². The van der Waals surface area contributed by atoms with Gasteiger partial charge in [-0.05, 0) is 18.1 Å². The summed E-state index contributed by atoms with van der Waals surface area (Å²) in [5.74, 6) is 2.81. The Morgan fingerprint density at radius 1 is 1.30 bits per heavy atom. The van der Waals surface area contributed by atoms with E-state index in [1.165, 1.54) is 0 Å². The van der Waals surface area contributed by atoms with Crippen molar-refractivity contribution in [3.63, 3.8) is 0 Å². The van der Waals surface area contributed by atoms with Crippen LogP contribution in [0.15, 0.2) is 18.2 Å². The minimum Gasteiger partial charge on any atom is -0.454 e. The topological polar surface area (TPSA) is 71.5 Å². The fraction of sp³-hybridized carbons (Fsp3) is 0.357. The first-order chi connectivity index (χ1) is 9.56. The molecule has 1 aliphatic rings. The molecular formula is C14H17N3O3. The molecule has 20 heavy (non-hydrogen) atoms. The zero-order valence-corrected chi connectivity index (χ0v) is 11.7. The fourth-order valence-electron chi connectivity index (χ4n) is 2.14. The van der Waals surface area contributed by atoms with Gasteiger partial charge in [0.15, 0.2) is 11.5 Å². The average Bonchev–Trinajstić information content (AvgIpc) is 2.97. The Kier molecular flexibility index (Phi) is 2.93. The van der Waals surface area contributed by atoms with Crippen molar-refractivity contribution >= 4 is 5.69 Å². The van der Waals surface area contributed by atoms with Crippen LogP contribution in [0, 0.1) is 0 Å². The molecule has 106 valence electrons. The summed E-state index contributed by atoms with van der Waals surface area (Å²) in [6.45, 7) is 4.33. The third-order valence-electron chi connectivity index (χ3n) is 3.16.